The average molecular weight is 389 g/mol. The third-order valence-corrected chi connectivity index (χ3v) is 4.54. The first kappa shape index (κ1) is 14.1. The largest absolute Gasteiger partial charge is 0.324 e. The third kappa shape index (κ3) is 3.58. The number of hydrogen-bond acceptors (Lipinski definition) is 4. The number of hydrazine groups is 1. The number of rotatable bonds is 4. The van der Waals surface area contributed by atoms with Gasteiger partial charge in [0.1, 0.15) is 0 Å². The highest BCUT2D eigenvalue weighted by Gasteiger charge is 2.13. The topological polar surface area (TPSA) is 84.2 Å². The van der Waals surface area contributed by atoms with Gasteiger partial charge in [0.15, 0.2) is 0 Å². The molecule has 0 heterocycles. The van der Waals surface area contributed by atoms with Crippen LogP contribution in [0.1, 0.15) is 0 Å². The van der Waals surface area contributed by atoms with Crippen LogP contribution in [-0.4, -0.2) is 8.42 Å². The summed E-state index contributed by atoms with van der Waals surface area (Å²) in [5.74, 6) is 5.23. The predicted molar refractivity (Wildman–Crippen MR) is 84.2 cm³/mol. The molecular weight excluding hydrogens is 377 g/mol. The molecule has 0 saturated carbocycles. The first-order valence-corrected chi connectivity index (χ1v) is 7.92. The maximum atomic E-state index is 12.1. The Morgan fingerprint density at radius 3 is 1.95 bits per heavy atom. The van der Waals surface area contributed by atoms with Gasteiger partial charge in [-0.2, -0.15) is 0 Å². The summed E-state index contributed by atoms with van der Waals surface area (Å²) in [6.45, 7) is 0. The van der Waals surface area contributed by atoms with Crippen molar-refractivity contribution in [2.45, 2.75) is 4.90 Å². The van der Waals surface area contributed by atoms with E-state index in [0.717, 1.165) is 3.57 Å². The fourth-order valence-corrected chi connectivity index (χ4v) is 2.88. The van der Waals surface area contributed by atoms with Crippen LogP contribution in [0.2, 0.25) is 0 Å². The van der Waals surface area contributed by atoms with Crippen LogP contribution in [0.15, 0.2) is 53.4 Å². The molecule has 0 aliphatic carbocycles. The molecule has 0 radical (unpaired) electrons. The first-order valence-electron chi connectivity index (χ1n) is 5.36. The molecular formula is C12H12IN3O2S. The fraction of sp³-hybridized carbons (Fsp3) is 0. The van der Waals surface area contributed by atoms with Crippen LogP contribution in [0, 0.1) is 3.57 Å². The molecule has 2 rings (SSSR count). The molecule has 0 fully saturated rings. The van der Waals surface area contributed by atoms with Crippen molar-refractivity contribution in [1.82, 2.24) is 0 Å². The minimum absolute atomic E-state index is 0.185. The highest BCUT2D eigenvalue weighted by molar-refractivity contribution is 14.1. The van der Waals surface area contributed by atoms with Crippen LogP contribution in [0.5, 0.6) is 0 Å². The van der Waals surface area contributed by atoms with Gasteiger partial charge in [-0.15, -0.1) is 0 Å². The Bertz CT molecular complexity index is 654. The van der Waals surface area contributed by atoms with Gasteiger partial charge in [-0.25, -0.2) is 8.42 Å². The normalized spacial score (nSPS) is 11.1. The van der Waals surface area contributed by atoms with E-state index in [1.807, 2.05) is 12.1 Å². The van der Waals surface area contributed by atoms with Crippen molar-refractivity contribution in [2.24, 2.45) is 5.84 Å². The monoisotopic (exact) mass is 389 g/mol. The lowest BCUT2D eigenvalue weighted by atomic mass is 10.3. The Balaban J connectivity index is 2.24. The molecule has 0 bridgehead atoms. The van der Waals surface area contributed by atoms with Crippen LogP contribution in [0.25, 0.3) is 0 Å². The Morgan fingerprint density at radius 2 is 1.42 bits per heavy atom. The smallest absolute Gasteiger partial charge is 0.261 e. The zero-order valence-corrected chi connectivity index (χ0v) is 12.8. The number of hydrogen-bond donors (Lipinski definition) is 3. The zero-order valence-electron chi connectivity index (χ0n) is 9.80. The number of nitrogens with two attached hydrogens (primary N) is 1. The molecule has 0 spiro atoms. The van der Waals surface area contributed by atoms with E-state index in [0.29, 0.717) is 11.4 Å². The summed E-state index contributed by atoms with van der Waals surface area (Å²) in [6, 6.07) is 13.3. The molecule has 4 N–H and O–H groups in total. The Labute approximate surface area is 125 Å². The van der Waals surface area contributed by atoms with Gasteiger partial charge in [0, 0.05) is 14.9 Å². The molecule has 7 heteroatoms. The molecule has 100 valence electrons. The van der Waals surface area contributed by atoms with E-state index < -0.39 is 10.0 Å². The van der Waals surface area contributed by atoms with Gasteiger partial charge < -0.3 is 5.43 Å². The van der Waals surface area contributed by atoms with Crippen molar-refractivity contribution in [1.29, 1.82) is 0 Å². The fourth-order valence-electron chi connectivity index (χ4n) is 1.46. The lowest BCUT2D eigenvalue weighted by Crippen LogP contribution is -2.13. The zero-order chi connectivity index (χ0) is 13.9. The second-order valence-corrected chi connectivity index (χ2v) is 6.71. The van der Waals surface area contributed by atoms with Crippen molar-refractivity contribution in [2.75, 3.05) is 10.1 Å². The van der Waals surface area contributed by atoms with Crippen LogP contribution in [0.4, 0.5) is 11.4 Å². The number of halogens is 1. The van der Waals surface area contributed by atoms with Crippen molar-refractivity contribution >= 4 is 44.0 Å². The molecule has 19 heavy (non-hydrogen) atoms. The van der Waals surface area contributed by atoms with Crippen molar-refractivity contribution in [3.05, 3.63) is 52.1 Å². The molecule has 0 unspecified atom stereocenters. The second-order valence-electron chi connectivity index (χ2n) is 3.78. The Hall–Kier alpha value is -1.32. The molecule has 5 nitrogen and oxygen atoms in total. The number of benzene rings is 2. The van der Waals surface area contributed by atoms with Gasteiger partial charge in [0.25, 0.3) is 10.0 Å². The van der Waals surface area contributed by atoms with Crippen LogP contribution in [0.3, 0.4) is 0 Å². The van der Waals surface area contributed by atoms with E-state index in [9.17, 15) is 8.42 Å². The molecule has 2 aromatic carbocycles. The molecule has 2 aromatic rings. The molecule has 0 aromatic heterocycles. The lowest BCUT2D eigenvalue weighted by molar-refractivity contribution is 0.601. The van der Waals surface area contributed by atoms with Crippen molar-refractivity contribution in [3.63, 3.8) is 0 Å². The maximum Gasteiger partial charge on any atom is 0.261 e. The standard InChI is InChI=1S/C12H12IN3O2S/c13-9-1-3-11(4-2-9)16-19(17,18)12-7-5-10(15-14)6-8-12/h1-8,15-16H,14H2. The van der Waals surface area contributed by atoms with E-state index in [4.69, 9.17) is 5.84 Å². The maximum absolute atomic E-state index is 12.1. The van der Waals surface area contributed by atoms with E-state index in [-0.39, 0.29) is 4.90 Å². The van der Waals surface area contributed by atoms with E-state index in [1.54, 1.807) is 24.3 Å². The minimum Gasteiger partial charge on any atom is -0.324 e. The summed E-state index contributed by atoms with van der Waals surface area (Å²) in [6.07, 6.45) is 0. The van der Waals surface area contributed by atoms with Gasteiger partial charge in [0.2, 0.25) is 0 Å². The average Bonchev–Trinajstić information content (AvgIpc) is 2.41. The molecule has 0 amide bonds. The van der Waals surface area contributed by atoms with Gasteiger partial charge in [-0.1, -0.05) is 0 Å². The lowest BCUT2D eigenvalue weighted by Gasteiger charge is -2.08. The molecule has 0 atom stereocenters. The Kier molecular flexibility index (Phi) is 4.27. The summed E-state index contributed by atoms with van der Waals surface area (Å²) >= 11 is 2.16. The van der Waals surface area contributed by atoms with Crippen molar-refractivity contribution < 1.29 is 8.42 Å². The third-order valence-electron chi connectivity index (χ3n) is 2.43. The van der Waals surface area contributed by atoms with E-state index in [2.05, 4.69) is 32.7 Å². The minimum atomic E-state index is -3.57. The SMILES string of the molecule is NNc1ccc(S(=O)(=O)Nc2ccc(I)cc2)cc1. The Morgan fingerprint density at radius 1 is 0.895 bits per heavy atom. The van der Waals surface area contributed by atoms with Gasteiger partial charge in [-0.3, -0.25) is 10.6 Å². The summed E-state index contributed by atoms with van der Waals surface area (Å²) in [5, 5.41) is 0. The number of nitrogen functional groups attached to an aromatic ring is 1. The molecule has 0 aliphatic heterocycles. The summed E-state index contributed by atoms with van der Waals surface area (Å²) in [5.41, 5.74) is 3.62. The van der Waals surface area contributed by atoms with E-state index in [1.165, 1.54) is 12.1 Å². The first-order chi connectivity index (χ1) is 9.01. The highest BCUT2D eigenvalue weighted by Crippen LogP contribution is 2.18. The second kappa shape index (κ2) is 5.76. The van der Waals surface area contributed by atoms with Gasteiger partial charge >= 0.3 is 0 Å². The number of sulfonamides is 1. The number of anilines is 2. The highest BCUT2D eigenvalue weighted by atomic mass is 127. The van der Waals surface area contributed by atoms with Crippen LogP contribution >= 0.6 is 22.6 Å². The quantitative estimate of drug-likeness (QED) is 0.426. The van der Waals surface area contributed by atoms with Gasteiger partial charge in [0.05, 0.1) is 4.90 Å². The summed E-state index contributed by atoms with van der Waals surface area (Å²) in [4.78, 5) is 0.185. The summed E-state index contributed by atoms with van der Waals surface area (Å²) in [7, 11) is -3.57. The molecule has 0 aliphatic rings. The van der Waals surface area contributed by atoms with E-state index >= 15 is 0 Å². The van der Waals surface area contributed by atoms with Crippen molar-refractivity contribution in [3.8, 4) is 0 Å². The number of nitrogens with one attached hydrogen (secondary N) is 2. The summed E-state index contributed by atoms with van der Waals surface area (Å²) < 4.78 is 27.8. The van der Waals surface area contributed by atoms with Gasteiger partial charge in [-0.05, 0) is 71.1 Å². The molecule has 0 saturated heterocycles. The van der Waals surface area contributed by atoms with Crippen LogP contribution in [-0.2, 0) is 10.0 Å². The van der Waals surface area contributed by atoms with Crippen LogP contribution < -0.4 is 16.0 Å². The predicted octanol–water partition coefficient (Wildman–Crippen LogP) is 2.38.